The molecule has 0 fully saturated rings. The Bertz CT molecular complexity index is 1070. The highest BCUT2D eigenvalue weighted by molar-refractivity contribution is 5.45. The molecule has 0 unspecified atom stereocenters. The van der Waals surface area contributed by atoms with E-state index in [2.05, 4.69) is 122 Å². The standard InChI is InChI=1S/C33H37N/c1-34(2)21-13-12-20-33-31(23-28-16-8-4-9-17-28)25-30(22-27-14-6-3-7-15-27)26-32(33)24-29-18-10-5-11-19-29/h3-11,14-19,25-26H,12-13,20-24H2,1-2H3. The first-order chi connectivity index (χ1) is 16.7. The fourth-order valence-electron chi connectivity index (χ4n) is 4.80. The van der Waals surface area contributed by atoms with Crippen molar-refractivity contribution in [1.82, 2.24) is 4.90 Å². The van der Waals surface area contributed by atoms with E-state index in [-0.39, 0.29) is 0 Å². The lowest BCUT2D eigenvalue weighted by molar-refractivity contribution is 0.394. The van der Waals surface area contributed by atoms with Crippen molar-refractivity contribution >= 4 is 0 Å². The predicted molar refractivity (Wildman–Crippen MR) is 146 cm³/mol. The average molecular weight is 448 g/mol. The van der Waals surface area contributed by atoms with Crippen LogP contribution in [0.3, 0.4) is 0 Å². The SMILES string of the molecule is CN(C)CCCCc1c(Cc2ccccc2)cc(Cc2ccccc2)cc1Cc1ccccc1. The topological polar surface area (TPSA) is 3.24 Å². The summed E-state index contributed by atoms with van der Waals surface area (Å²) in [4.78, 5) is 2.29. The van der Waals surface area contributed by atoms with Gasteiger partial charge in [0.05, 0.1) is 0 Å². The van der Waals surface area contributed by atoms with Crippen molar-refractivity contribution < 1.29 is 0 Å². The number of unbranched alkanes of at least 4 members (excludes halogenated alkanes) is 1. The molecular weight excluding hydrogens is 410 g/mol. The van der Waals surface area contributed by atoms with Gasteiger partial charge in [-0.1, -0.05) is 103 Å². The Labute approximate surface area is 206 Å². The second-order valence-electron chi connectivity index (χ2n) is 9.64. The quantitative estimate of drug-likeness (QED) is 0.217. The summed E-state index contributed by atoms with van der Waals surface area (Å²) < 4.78 is 0. The molecule has 0 aliphatic carbocycles. The number of hydrogen-bond donors (Lipinski definition) is 0. The Balaban J connectivity index is 1.71. The zero-order valence-electron chi connectivity index (χ0n) is 20.7. The molecule has 4 rings (SSSR count). The zero-order chi connectivity index (χ0) is 23.6. The molecular formula is C33H37N. The van der Waals surface area contributed by atoms with E-state index in [0.29, 0.717) is 0 Å². The summed E-state index contributed by atoms with van der Waals surface area (Å²) >= 11 is 0. The third-order valence-electron chi connectivity index (χ3n) is 6.50. The molecule has 0 spiro atoms. The Morgan fingerprint density at radius 2 is 0.941 bits per heavy atom. The van der Waals surface area contributed by atoms with Gasteiger partial charge < -0.3 is 4.90 Å². The number of rotatable bonds is 11. The monoisotopic (exact) mass is 447 g/mol. The molecule has 34 heavy (non-hydrogen) atoms. The minimum atomic E-state index is 0.978. The third-order valence-corrected chi connectivity index (χ3v) is 6.50. The lowest BCUT2D eigenvalue weighted by Gasteiger charge is -2.19. The average Bonchev–Trinajstić information content (AvgIpc) is 2.85. The largest absolute Gasteiger partial charge is 0.309 e. The van der Waals surface area contributed by atoms with E-state index in [1.165, 1.54) is 46.2 Å². The van der Waals surface area contributed by atoms with Crippen molar-refractivity contribution in [2.45, 2.75) is 38.5 Å². The van der Waals surface area contributed by atoms with Crippen LogP contribution in [0.4, 0.5) is 0 Å². The fraction of sp³-hybridized carbons (Fsp3) is 0.273. The Morgan fingerprint density at radius 1 is 0.500 bits per heavy atom. The molecule has 0 N–H and O–H groups in total. The molecule has 0 aliphatic heterocycles. The van der Waals surface area contributed by atoms with Crippen LogP contribution in [0, 0.1) is 0 Å². The van der Waals surface area contributed by atoms with Crippen molar-refractivity contribution in [3.8, 4) is 0 Å². The molecule has 0 aromatic heterocycles. The lowest BCUT2D eigenvalue weighted by atomic mass is 9.86. The van der Waals surface area contributed by atoms with Gasteiger partial charge in [0.25, 0.3) is 0 Å². The molecule has 174 valence electrons. The highest BCUT2D eigenvalue weighted by atomic mass is 15.0. The molecule has 0 heterocycles. The molecule has 0 aliphatic rings. The summed E-state index contributed by atoms with van der Waals surface area (Å²) in [6, 6.07) is 37.7. The summed E-state index contributed by atoms with van der Waals surface area (Å²) in [6.07, 6.45) is 6.56. The van der Waals surface area contributed by atoms with Gasteiger partial charge in [-0.2, -0.15) is 0 Å². The second-order valence-corrected chi connectivity index (χ2v) is 9.64. The van der Waals surface area contributed by atoms with Gasteiger partial charge in [-0.3, -0.25) is 0 Å². The number of hydrogen-bond acceptors (Lipinski definition) is 1. The minimum absolute atomic E-state index is 0.978. The van der Waals surface area contributed by atoms with E-state index < -0.39 is 0 Å². The van der Waals surface area contributed by atoms with Crippen LogP contribution >= 0.6 is 0 Å². The smallest absolute Gasteiger partial charge is 0.00228 e. The molecule has 1 nitrogen and oxygen atoms in total. The zero-order valence-corrected chi connectivity index (χ0v) is 20.7. The van der Waals surface area contributed by atoms with Gasteiger partial charge >= 0.3 is 0 Å². The summed E-state index contributed by atoms with van der Waals surface area (Å²) in [5.74, 6) is 0. The Hall–Kier alpha value is -3.16. The van der Waals surface area contributed by atoms with E-state index >= 15 is 0 Å². The first-order valence-electron chi connectivity index (χ1n) is 12.6. The number of benzene rings is 4. The van der Waals surface area contributed by atoms with Gasteiger partial charge in [0.2, 0.25) is 0 Å². The van der Waals surface area contributed by atoms with Crippen molar-refractivity contribution in [2.75, 3.05) is 20.6 Å². The van der Waals surface area contributed by atoms with Crippen molar-refractivity contribution in [3.05, 3.63) is 142 Å². The van der Waals surface area contributed by atoms with Crippen LogP contribution in [-0.2, 0) is 25.7 Å². The molecule has 0 saturated heterocycles. The predicted octanol–water partition coefficient (Wildman–Crippen LogP) is 7.34. The van der Waals surface area contributed by atoms with Crippen LogP contribution in [0.2, 0.25) is 0 Å². The van der Waals surface area contributed by atoms with Crippen LogP contribution in [-0.4, -0.2) is 25.5 Å². The Kier molecular flexibility index (Phi) is 8.71. The summed E-state index contributed by atoms with van der Waals surface area (Å²) in [5.41, 5.74) is 10.1. The van der Waals surface area contributed by atoms with Crippen molar-refractivity contribution in [3.63, 3.8) is 0 Å². The molecule has 0 amide bonds. The minimum Gasteiger partial charge on any atom is -0.309 e. The van der Waals surface area contributed by atoms with E-state index in [4.69, 9.17) is 0 Å². The van der Waals surface area contributed by atoms with Crippen LogP contribution < -0.4 is 0 Å². The van der Waals surface area contributed by atoms with Crippen LogP contribution in [0.5, 0.6) is 0 Å². The second kappa shape index (κ2) is 12.3. The van der Waals surface area contributed by atoms with Gasteiger partial charge in [0.15, 0.2) is 0 Å². The highest BCUT2D eigenvalue weighted by Gasteiger charge is 2.13. The molecule has 0 radical (unpaired) electrons. The molecule has 0 saturated carbocycles. The third kappa shape index (κ3) is 7.17. The van der Waals surface area contributed by atoms with Crippen LogP contribution in [0.25, 0.3) is 0 Å². The van der Waals surface area contributed by atoms with E-state index in [1.54, 1.807) is 5.56 Å². The first-order valence-corrected chi connectivity index (χ1v) is 12.6. The maximum atomic E-state index is 2.48. The molecule has 4 aromatic carbocycles. The Morgan fingerprint density at radius 3 is 1.38 bits per heavy atom. The van der Waals surface area contributed by atoms with Crippen LogP contribution in [0.1, 0.15) is 51.8 Å². The maximum Gasteiger partial charge on any atom is -0.00228 e. The van der Waals surface area contributed by atoms with E-state index in [9.17, 15) is 0 Å². The van der Waals surface area contributed by atoms with Gasteiger partial charge in [0.1, 0.15) is 0 Å². The lowest BCUT2D eigenvalue weighted by Crippen LogP contribution is -2.13. The van der Waals surface area contributed by atoms with Gasteiger partial charge in [0, 0.05) is 0 Å². The fourth-order valence-corrected chi connectivity index (χ4v) is 4.80. The summed E-state index contributed by atoms with van der Waals surface area (Å²) in [5, 5.41) is 0. The summed E-state index contributed by atoms with van der Waals surface area (Å²) in [6.45, 7) is 1.15. The van der Waals surface area contributed by atoms with Crippen molar-refractivity contribution in [2.24, 2.45) is 0 Å². The van der Waals surface area contributed by atoms with Crippen LogP contribution in [0.15, 0.2) is 103 Å². The van der Waals surface area contributed by atoms with Crippen molar-refractivity contribution in [1.29, 1.82) is 0 Å². The van der Waals surface area contributed by atoms with E-state index in [0.717, 1.165) is 32.2 Å². The number of nitrogens with zero attached hydrogens (tertiary/aromatic N) is 1. The summed E-state index contributed by atoms with van der Waals surface area (Å²) in [7, 11) is 4.33. The maximum absolute atomic E-state index is 2.48. The van der Waals surface area contributed by atoms with Gasteiger partial charge in [-0.05, 0) is 98.1 Å². The normalized spacial score (nSPS) is 11.1. The van der Waals surface area contributed by atoms with E-state index in [1.807, 2.05) is 0 Å². The molecule has 0 atom stereocenters. The van der Waals surface area contributed by atoms with Gasteiger partial charge in [-0.25, -0.2) is 0 Å². The molecule has 1 heteroatoms. The first kappa shape index (κ1) is 24.0. The van der Waals surface area contributed by atoms with Gasteiger partial charge in [-0.15, -0.1) is 0 Å². The highest BCUT2D eigenvalue weighted by Crippen LogP contribution is 2.27. The molecule has 0 bridgehead atoms. The molecule has 4 aromatic rings.